The average Bonchev–Trinajstić information content (AvgIpc) is 2.74. The van der Waals surface area contributed by atoms with E-state index in [1.54, 1.807) is 0 Å². The van der Waals surface area contributed by atoms with Crippen LogP contribution >= 0.6 is 0 Å². The van der Waals surface area contributed by atoms with Crippen LogP contribution in [0.3, 0.4) is 0 Å². The molecule has 0 radical (unpaired) electrons. The van der Waals surface area contributed by atoms with Crippen LogP contribution in [0.4, 0.5) is 0 Å². The van der Waals surface area contributed by atoms with E-state index in [9.17, 15) is 4.79 Å². The van der Waals surface area contributed by atoms with E-state index < -0.39 is 0 Å². The second-order valence-electron chi connectivity index (χ2n) is 5.63. The van der Waals surface area contributed by atoms with Crippen molar-refractivity contribution in [1.82, 2.24) is 15.5 Å². The van der Waals surface area contributed by atoms with Gasteiger partial charge in [0.1, 0.15) is 0 Å². The maximum atomic E-state index is 12.0. The molecular formula is C13H25N3O. The molecule has 0 aromatic heterocycles. The highest BCUT2D eigenvalue weighted by molar-refractivity contribution is 5.79. The van der Waals surface area contributed by atoms with Gasteiger partial charge in [0.15, 0.2) is 0 Å². The first-order valence-corrected chi connectivity index (χ1v) is 6.86. The molecule has 0 aromatic carbocycles. The highest BCUT2D eigenvalue weighted by Gasteiger charge is 2.29. The molecule has 2 heterocycles. The molecule has 17 heavy (non-hydrogen) atoms. The van der Waals surface area contributed by atoms with Crippen LogP contribution in [0.25, 0.3) is 0 Å². The molecule has 1 amide bonds. The van der Waals surface area contributed by atoms with Gasteiger partial charge in [-0.2, -0.15) is 0 Å². The van der Waals surface area contributed by atoms with Crippen molar-refractivity contribution in [2.45, 2.75) is 32.2 Å². The van der Waals surface area contributed by atoms with Gasteiger partial charge in [0.25, 0.3) is 0 Å². The fourth-order valence-electron chi connectivity index (χ4n) is 2.86. The van der Waals surface area contributed by atoms with Gasteiger partial charge in [-0.05, 0) is 58.8 Å². The Hall–Kier alpha value is -0.610. The molecule has 0 spiro atoms. The predicted molar refractivity (Wildman–Crippen MR) is 68.8 cm³/mol. The third-order valence-corrected chi connectivity index (χ3v) is 4.27. The van der Waals surface area contributed by atoms with Crippen molar-refractivity contribution in [3.05, 3.63) is 0 Å². The minimum Gasteiger partial charge on any atom is -0.356 e. The molecule has 0 saturated carbocycles. The average molecular weight is 239 g/mol. The van der Waals surface area contributed by atoms with E-state index in [0.717, 1.165) is 19.5 Å². The lowest BCUT2D eigenvalue weighted by molar-refractivity contribution is -0.125. The Balaban J connectivity index is 1.69. The first-order chi connectivity index (χ1) is 8.16. The van der Waals surface area contributed by atoms with Crippen molar-refractivity contribution >= 4 is 5.91 Å². The van der Waals surface area contributed by atoms with Crippen LogP contribution in [0.1, 0.15) is 26.2 Å². The van der Waals surface area contributed by atoms with Crippen LogP contribution in [0, 0.1) is 11.8 Å². The van der Waals surface area contributed by atoms with Crippen molar-refractivity contribution in [3.8, 4) is 0 Å². The van der Waals surface area contributed by atoms with E-state index in [0.29, 0.717) is 12.0 Å². The van der Waals surface area contributed by atoms with Crippen molar-refractivity contribution in [3.63, 3.8) is 0 Å². The van der Waals surface area contributed by atoms with Gasteiger partial charge in [-0.15, -0.1) is 0 Å². The largest absolute Gasteiger partial charge is 0.356 e. The van der Waals surface area contributed by atoms with E-state index in [1.165, 1.54) is 25.9 Å². The monoisotopic (exact) mass is 239 g/mol. The zero-order valence-electron chi connectivity index (χ0n) is 11.0. The minimum atomic E-state index is 0.182. The van der Waals surface area contributed by atoms with Gasteiger partial charge >= 0.3 is 0 Å². The smallest absolute Gasteiger partial charge is 0.224 e. The van der Waals surface area contributed by atoms with Crippen molar-refractivity contribution in [2.24, 2.45) is 11.8 Å². The van der Waals surface area contributed by atoms with Gasteiger partial charge < -0.3 is 15.5 Å². The number of piperidine rings is 1. The topological polar surface area (TPSA) is 44.4 Å². The highest BCUT2D eigenvalue weighted by atomic mass is 16.1. The summed E-state index contributed by atoms with van der Waals surface area (Å²) in [4.78, 5) is 14.4. The number of rotatable bonds is 3. The van der Waals surface area contributed by atoms with Crippen molar-refractivity contribution < 1.29 is 4.79 Å². The Bertz CT molecular complexity index is 261. The fraction of sp³-hybridized carbons (Fsp3) is 0.923. The van der Waals surface area contributed by atoms with E-state index in [4.69, 9.17) is 0 Å². The number of nitrogens with one attached hydrogen (secondary N) is 2. The first kappa shape index (κ1) is 12.8. The molecule has 0 bridgehead atoms. The number of hydrogen-bond acceptors (Lipinski definition) is 3. The fourth-order valence-corrected chi connectivity index (χ4v) is 2.86. The van der Waals surface area contributed by atoms with Crippen LogP contribution in [0.15, 0.2) is 0 Å². The van der Waals surface area contributed by atoms with Gasteiger partial charge in [0.2, 0.25) is 5.91 Å². The molecule has 2 rings (SSSR count). The van der Waals surface area contributed by atoms with E-state index in [-0.39, 0.29) is 11.8 Å². The van der Waals surface area contributed by atoms with Crippen LogP contribution in [-0.2, 0) is 4.79 Å². The molecule has 4 heteroatoms. The molecule has 2 aliphatic rings. The molecule has 0 aliphatic carbocycles. The van der Waals surface area contributed by atoms with Gasteiger partial charge in [-0.1, -0.05) is 0 Å². The molecule has 2 atom stereocenters. The number of likely N-dealkylation sites (tertiary alicyclic amines) is 1. The summed E-state index contributed by atoms with van der Waals surface area (Å²) in [5.41, 5.74) is 0. The van der Waals surface area contributed by atoms with Gasteiger partial charge in [0.05, 0.1) is 5.92 Å². The van der Waals surface area contributed by atoms with Gasteiger partial charge in [0, 0.05) is 12.6 Å². The normalized spacial score (nSPS) is 31.6. The molecule has 2 unspecified atom stereocenters. The maximum Gasteiger partial charge on any atom is 0.224 e. The van der Waals surface area contributed by atoms with E-state index in [2.05, 4.69) is 29.5 Å². The summed E-state index contributed by atoms with van der Waals surface area (Å²) in [7, 11) is 2.17. The molecule has 0 aromatic rings. The Morgan fingerprint density at radius 1 is 1.35 bits per heavy atom. The lowest BCUT2D eigenvalue weighted by Gasteiger charge is -2.29. The molecule has 2 N–H and O–H groups in total. The van der Waals surface area contributed by atoms with Crippen LogP contribution in [-0.4, -0.2) is 50.1 Å². The summed E-state index contributed by atoms with van der Waals surface area (Å²) in [5.74, 6) is 1.11. The lowest BCUT2D eigenvalue weighted by atomic mass is 9.96. The molecule has 2 saturated heterocycles. The third-order valence-electron chi connectivity index (χ3n) is 4.27. The highest BCUT2D eigenvalue weighted by Crippen LogP contribution is 2.17. The number of carbonyl (C=O) groups is 1. The van der Waals surface area contributed by atoms with Crippen molar-refractivity contribution in [2.75, 3.05) is 33.2 Å². The Labute approximate surface area is 104 Å². The summed E-state index contributed by atoms with van der Waals surface area (Å²) >= 11 is 0. The van der Waals surface area contributed by atoms with Gasteiger partial charge in [-0.25, -0.2) is 0 Å². The zero-order valence-corrected chi connectivity index (χ0v) is 11.0. The Morgan fingerprint density at radius 3 is 2.65 bits per heavy atom. The third kappa shape index (κ3) is 3.42. The van der Waals surface area contributed by atoms with Crippen LogP contribution in [0.2, 0.25) is 0 Å². The van der Waals surface area contributed by atoms with E-state index in [1.807, 2.05) is 0 Å². The Morgan fingerprint density at radius 2 is 2.06 bits per heavy atom. The quantitative estimate of drug-likeness (QED) is 0.751. The second-order valence-corrected chi connectivity index (χ2v) is 5.63. The van der Waals surface area contributed by atoms with Crippen LogP contribution in [0.5, 0.6) is 0 Å². The summed E-state index contributed by atoms with van der Waals surface area (Å²) in [6.45, 7) is 6.29. The van der Waals surface area contributed by atoms with Crippen LogP contribution < -0.4 is 10.6 Å². The standard InChI is InChI=1S/C13H25N3O/c1-10-12(3-6-14-10)13(17)15-9-11-4-7-16(2)8-5-11/h10-12,14H,3-9H2,1-2H3,(H,15,17). The Kier molecular flexibility index (Phi) is 4.40. The van der Waals surface area contributed by atoms with Crippen molar-refractivity contribution in [1.29, 1.82) is 0 Å². The molecule has 2 aliphatic heterocycles. The summed E-state index contributed by atoms with van der Waals surface area (Å²) in [6.07, 6.45) is 3.42. The first-order valence-electron chi connectivity index (χ1n) is 6.86. The van der Waals surface area contributed by atoms with E-state index >= 15 is 0 Å². The minimum absolute atomic E-state index is 0.182. The predicted octanol–water partition coefficient (Wildman–Crippen LogP) is 0.442. The SMILES string of the molecule is CC1NCCC1C(=O)NCC1CCN(C)CC1. The summed E-state index contributed by atoms with van der Waals surface area (Å²) < 4.78 is 0. The molecule has 4 nitrogen and oxygen atoms in total. The molecule has 2 fully saturated rings. The summed E-state index contributed by atoms with van der Waals surface area (Å²) in [5, 5.41) is 6.47. The van der Waals surface area contributed by atoms with Gasteiger partial charge in [-0.3, -0.25) is 4.79 Å². The number of amides is 1. The lowest BCUT2D eigenvalue weighted by Crippen LogP contribution is -2.41. The maximum absolute atomic E-state index is 12.0. The number of nitrogens with zero attached hydrogens (tertiary/aromatic N) is 1. The second kappa shape index (κ2) is 5.83. The number of hydrogen-bond donors (Lipinski definition) is 2. The molecule has 98 valence electrons. The summed E-state index contributed by atoms with van der Waals surface area (Å²) in [6, 6.07) is 0.340. The number of carbonyl (C=O) groups excluding carboxylic acids is 1. The zero-order chi connectivity index (χ0) is 12.3. The molecular weight excluding hydrogens is 214 g/mol.